The monoisotopic (exact) mass is 374 g/mol. The van der Waals surface area contributed by atoms with Crippen molar-refractivity contribution in [2.24, 2.45) is 7.05 Å². The summed E-state index contributed by atoms with van der Waals surface area (Å²) in [5.41, 5.74) is 1.16. The first kappa shape index (κ1) is 15.7. The van der Waals surface area contributed by atoms with E-state index in [1.807, 2.05) is 0 Å². The van der Waals surface area contributed by atoms with Crippen LogP contribution in [0.3, 0.4) is 0 Å². The highest BCUT2D eigenvalue weighted by Gasteiger charge is 2.20. The molecule has 0 saturated carbocycles. The minimum Gasteiger partial charge on any atom is -0.303 e. The lowest BCUT2D eigenvalue weighted by Crippen LogP contribution is -2.23. The summed E-state index contributed by atoms with van der Waals surface area (Å²) in [5.74, 6) is 0. The third-order valence-electron chi connectivity index (χ3n) is 3.24. The van der Waals surface area contributed by atoms with Gasteiger partial charge in [0.2, 0.25) is 0 Å². The van der Waals surface area contributed by atoms with Crippen LogP contribution in [0.4, 0.5) is 5.69 Å². The van der Waals surface area contributed by atoms with Crippen molar-refractivity contribution >= 4 is 33.2 Å². The summed E-state index contributed by atoms with van der Waals surface area (Å²) >= 11 is 9.24. The van der Waals surface area contributed by atoms with E-state index in [2.05, 4.69) is 21.0 Å². The SMILES string of the molecule is Cc1nn(C)c(Cl)c1Cn1cc([N+](=O)[O-])c(C)c(Br)c1=O. The quantitative estimate of drug-likeness (QED) is 0.610. The molecule has 0 fully saturated rings. The van der Waals surface area contributed by atoms with Crippen LogP contribution in [0.25, 0.3) is 0 Å². The fourth-order valence-electron chi connectivity index (χ4n) is 2.03. The zero-order chi connectivity index (χ0) is 15.9. The molecule has 112 valence electrons. The van der Waals surface area contributed by atoms with E-state index < -0.39 is 4.92 Å². The highest BCUT2D eigenvalue weighted by molar-refractivity contribution is 9.10. The average Bonchev–Trinajstić information content (AvgIpc) is 2.65. The summed E-state index contributed by atoms with van der Waals surface area (Å²) in [6, 6.07) is 0. The van der Waals surface area contributed by atoms with E-state index in [4.69, 9.17) is 11.6 Å². The van der Waals surface area contributed by atoms with Crippen molar-refractivity contribution in [3.05, 3.63) is 53.1 Å². The average molecular weight is 376 g/mol. The van der Waals surface area contributed by atoms with Crippen LogP contribution in [0.5, 0.6) is 0 Å². The van der Waals surface area contributed by atoms with Crippen molar-refractivity contribution in [2.45, 2.75) is 20.4 Å². The Bertz CT molecular complexity index is 797. The molecule has 0 atom stereocenters. The number of nitrogens with zero attached hydrogens (tertiary/aromatic N) is 4. The molecule has 0 unspecified atom stereocenters. The van der Waals surface area contributed by atoms with Gasteiger partial charge in [-0.1, -0.05) is 11.6 Å². The van der Waals surface area contributed by atoms with Crippen LogP contribution in [-0.4, -0.2) is 19.3 Å². The number of rotatable bonds is 3. The van der Waals surface area contributed by atoms with Crippen LogP contribution in [0.15, 0.2) is 15.5 Å². The minimum absolute atomic E-state index is 0.122. The molecule has 0 aliphatic heterocycles. The summed E-state index contributed by atoms with van der Waals surface area (Å²) in [5, 5.41) is 15.6. The molecule has 2 rings (SSSR count). The van der Waals surface area contributed by atoms with Gasteiger partial charge in [0.05, 0.1) is 27.8 Å². The normalized spacial score (nSPS) is 10.9. The van der Waals surface area contributed by atoms with Crippen LogP contribution in [0.1, 0.15) is 16.8 Å². The molecule has 0 aliphatic rings. The van der Waals surface area contributed by atoms with E-state index in [1.54, 1.807) is 14.0 Å². The van der Waals surface area contributed by atoms with Crippen LogP contribution in [0, 0.1) is 24.0 Å². The summed E-state index contributed by atoms with van der Waals surface area (Å²) in [7, 11) is 1.69. The van der Waals surface area contributed by atoms with E-state index in [0.29, 0.717) is 22.0 Å². The maximum atomic E-state index is 12.2. The molecule has 9 heteroatoms. The number of pyridine rings is 1. The number of hydrogen-bond acceptors (Lipinski definition) is 4. The van der Waals surface area contributed by atoms with Gasteiger partial charge in [-0.05, 0) is 29.8 Å². The fourth-order valence-corrected chi connectivity index (χ4v) is 2.69. The van der Waals surface area contributed by atoms with Crippen molar-refractivity contribution in [3.8, 4) is 0 Å². The fraction of sp³-hybridized carbons (Fsp3) is 0.333. The zero-order valence-corrected chi connectivity index (χ0v) is 13.9. The maximum Gasteiger partial charge on any atom is 0.289 e. The third kappa shape index (κ3) is 2.73. The zero-order valence-electron chi connectivity index (χ0n) is 11.6. The van der Waals surface area contributed by atoms with E-state index in [0.717, 1.165) is 0 Å². The van der Waals surface area contributed by atoms with Crippen LogP contribution in [0.2, 0.25) is 5.15 Å². The molecule has 0 radical (unpaired) electrons. The lowest BCUT2D eigenvalue weighted by molar-refractivity contribution is -0.386. The van der Waals surface area contributed by atoms with Crippen molar-refractivity contribution < 1.29 is 4.92 Å². The van der Waals surface area contributed by atoms with Gasteiger partial charge in [0, 0.05) is 18.2 Å². The van der Waals surface area contributed by atoms with Crippen LogP contribution in [-0.2, 0) is 13.6 Å². The van der Waals surface area contributed by atoms with Crippen LogP contribution >= 0.6 is 27.5 Å². The molecule has 0 saturated heterocycles. The smallest absolute Gasteiger partial charge is 0.289 e. The largest absolute Gasteiger partial charge is 0.303 e. The van der Waals surface area contributed by atoms with Gasteiger partial charge in [-0.2, -0.15) is 5.10 Å². The Morgan fingerprint density at radius 2 is 2.10 bits per heavy atom. The Balaban J connectivity index is 2.60. The van der Waals surface area contributed by atoms with Gasteiger partial charge in [-0.15, -0.1) is 0 Å². The molecule has 2 aromatic heterocycles. The van der Waals surface area contributed by atoms with Gasteiger partial charge in [-0.25, -0.2) is 0 Å². The number of aromatic nitrogens is 3. The molecule has 21 heavy (non-hydrogen) atoms. The summed E-state index contributed by atoms with van der Waals surface area (Å²) < 4.78 is 2.93. The second kappa shape index (κ2) is 5.61. The predicted molar refractivity (Wildman–Crippen MR) is 81.9 cm³/mol. The van der Waals surface area contributed by atoms with Crippen molar-refractivity contribution in [3.63, 3.8) is 0 Å². The molecule has 2 heterocycles. The van der Waals surface area contributed by atoms with Gasteiger partial charge in [-0.3, -0.25) is 19.6 Å². The lowest BCUT2D eigenvalue weighted by atomic mass is 10.2. The summed E-state index contributed by atoms with van der Waals surface area (Å²) in [6.45, 7) is 3.41. The molecule has 0 N–H and O–H groups in total. The molecule has 7 nitrogen and oxygen atoms in total. The molecule has 0 aliphatic carbocycles. The summed E-state index contributed by atoms with van der Waals surface area (Å²) in [6.07, 6.45) is 1.23. The first-order valence-corrected chi connectivity index (χ1v) is 7.13. The van der Waals surface area contributed by atoms with Gasteiger partial charge < -0.3 is 4.57 Å². The third-order valence-corrected chi connectivity index (χ3v) is 4.64. The Kier molecular flexibility index (Phi) is 4.20. The first-order chi connectivity index (χ1) is 9.73. The molecule has 0 spiro atoms. The van der Waals surface area contributed by atoms with E-state index in [9.17, 15) is 14.9 Å². The first-order valence-electron chi connectivity index (χ1n) is 5.96. The molecule has 0 aromatic carbocycles. The van der Waals surface area contributed by atoms with Gasteiger partial charge >= 0.3 is 0 Å². The number of halogens is 2. The van der Waals surface area contributed by atoms with Crippen molar-refractivity contribution in [2.75, 3.05) is 0 Å². The maximum absolute atomic E-state index is 12.2. The van der Waals surface area contributed by atoms with Gasteiger partial charge in [0.1, 0.15) is 5.15 Å². The molecular formula is C12H12BrClN4O3. The standard InChI is InChI=1S/C12H12BrClN4O3/c1-6-9(18(20)21)5-17(12(19)10(6)13)4-8-7(2)15-16(3)11(8)14/h5H,4H2,1-3H3. The van der Waals surface area contributed by atoms with E-state index >= 15 is 0 Å². The van der Waals surface area contributed by atoms with E-state index in [-0.39, 0.29) is 22.3 Å². The lowest BCUT2D eigenvalue weighted by Gasteiger charge is -2.08. The Morgan fingerprint density at radius 3 is 2.57 bits per heavy atom. The molecule has 2 aromatic rings. The number of aryl methyl sites for hydroxylation is 2. The number of nitro groups is 1. The minimum atomic E-state index is -0.520. The topological polar surface area (TPSA) is 83.0 Å². The second-order valence-corrected chi connectivity index (χ2v) is 5.77. The van der Waals surface area contributed by atoms with Gasteiger partial charge in [0.25, 0.3) is 11.2 Å². The predicted octanol–water partition coefficient (Wildman–Crippen LogP) is 2.57. The second-order valence-electron chi connectivity index (χ2n) is 4.62. The molecular weight excluding hydrogens is 364 g/mol. The van der Waals surface area contributed by atoms with E-state index in [1.165, 1.54) is 22.4 Å². The Hall–Kier alpha value is -1.67. The Labute approximate surface area is 133 Å². The summed E-state index contributed by atoms with van der Waals surface area (Å²) in [4.78, 5) is 22.8. The molecule has 0 amide bonds. The highest BCUT2D eigenvalue weighted by atomic mass is 79.9. The van der Waals surface area contributed by atoms with Crippen molar-refractivity contribution in [1.82, 2.24) is 14.3 Å². The Morgan fingerprint density at radius 1 is 1.48 bits per heavy atom. The molecule has 0 bridgehead atoms. The number of hydrogen-bond donors (Lipinski definition) is 0. The van der Waals surface area contributed by atoms with Crippen LogP contribution < -0.4 is 5.56 Å². The van der Waals surface area contributed by atoms with Gasteiger partial charge in [0.15, 0.2) is 0 Å². The highest BCUT2D eigenvalue weighted by Crippen LogP contribution is 2.24. The van der Waals surface area contributed by atoms with Crippen molar-refractivity contribution in [1.29, 1.82) is 0 Å².